The Morgan fingerprint density at radius 2 is 2.00 bits per heavy atom. The second-order valence-corrected chi connectivity index (χ2v) is 7.61. The van der Waals surface area contributed by atoms with Gasteiger partial charge in [-0.3, -0.25) is 0 Å². The van der Waals surface area contributed by atoms with Crippen molar-refractivity contribution in [2.75, 3.05) is 20.7 Å². The summed E-state index contributed by atoms with van der Waals surface area (Å²) in [5, 5.41) is 0.552. The molecule has 0 radical (unpaired) electrons. The van der Waals surface area contributed by atoms with Crippen LogP contribution < -0.4 is 0 Å². The Kier molecular flexibility index (Phi) is 6.07. The van der Waals surface area contributed by atoms with E-state index in [1.165, 1.54) is 11.8 Å². The van der Waals surface area contributed by atoms with Crippen LogP contribution >= 0.6 is 11.8 Å². The number of aryl methyl sites for hydroxylation is 1. The largest absolute Gasteiger partial charge is 0.461 e. The number of hydrogen-bond donors (Lipinski definition) is 0. The van der Waals surface area contributed by atoms with E-state index in [0.29, 0.717) is 10.9 Å². The molecule has 8 nitrogen and oxygen atoms in total. The highest BCUT2D eigenvalue weighted by Crippen LogP contribution is 2.30. The van der Waals surface area contributed by atoms with E-state index in [2.05, 4.69) is 9.98 Å². The predicted molar refractivity (Wildman–Crippen MR) is 109 cm³/mol. The number of aliphatic imine (C=N–C) groups is 1. The van der Waals surface area contributed by atoms with E-state index in [-0.39, 0.29) is 23.9 Å². The van der Waals surface area contributed by atoms with Gasteiger partial charge in [-0.25, -0.2) is 19.6 Å². The summed E-state index contributed by atoms with van der Waals surface area (Å²) in [7, 11) is 5.29. The van der Waals surface area contributed by atoms with Gasteiger partial charge in [0.1, 0.15) is 5.69 Å². The Labute approximate surface area is 173 Å². The van der Waals surface area contributed by atoms with Gasteiger partial charge in [-0.15, -0.1) is 0 Å². The van der Waals surface area contributed by atoms with Gasteiger partial charge in [0.2, 0.25) is 0 Å². The number of cyclic esters (lactones) is 1. The van der Waals surface area contributed by atoms with Gasteiger partial charge in [0.15, 0.2) is 16.5 Å². The summed E-state index contributed by atoms with van der Waals surface area (Å²) in [5.41, 5.74) is 1.65. The fraction of sp³-hybridized carbons (Fsp3) is 0.300. The number of imidazole rings is 1. The number of nitrogens with zero attached hydrogens (tertiary/aromatic N) is 4. The van der Waals surface area contributed by atoms with Crippen molar-refractivity contribution >= 4 is 29.6 Å². The lowest BCUT2D eigenvalue weighted by Gasteiger charge is -2.06. The number of rotatable bonds is 6. The molecule has 0 saturated carbocycles. The number of carbonyl (C=O) groups is 2. The van der Waals surface area contributed by atoms with Crippen LogP contribution in [0.2, 0.25) is 0 Å². The van der Waals surface area contributed by atoms with Gasteiger partial charge >= 0.3 is 11.9 Å². The first-order valence-electron chi connectivity index (χ1n) is 8.98. The second kappa shape index (κ2) is 8.52. The fourth-order valence-electron chi connectivity index (χ4n) is 2.61. The SMILES string of the molecule is CCOC(=O)c1nc(Sc2ccc(C)cc2)n(C)c1C1=N/C(=C\N(C)C)C(=O)O1. The third kappa shape index (κ3) is 4.51. The highest BCUT2D eigenvalue weighted by Gasteiger charge is 2.33. The summed E-state index contributed by atoms with van der Waals surface area (Å²) in [6.07, 6.45) is 1.55. The minimum atomic E-state index is -0.599. The lowest BCUT2D eigenvalue weighted by atomic mass is 10.2. The maximum atomic E-state index is 12.5. The van der Waals surface area contributed by atoms with Crippen molar-refractivity contribution in [3.8, 4) is 0 Å². The van der Waals surface area contributed by atoms with E-state index in [1.54, 1.807) is 43.7 Å². The van der Waals surface area contributed by atoms with E-state index in [0.717, 1.165) is 10.5 Å². The Balaban J connectivity index is 2.05. The van der Waals surface area contributed by atoms with E-state index in [9.17, 15) is 9.59 Å². The Bertz CT molecular complexity index is 1010. The van der Waals surface area contributed by atoms with Crippen molar-refractivity contribution in [3.63, 3.8) is 0 Å². The molecular formula is C20H22N4O4S. The highest BCUT2D eigenvalue weighted by atomic mass is 32.2. The van der Waals surface area contributed by atoms with Crippen molar-refractivity contribution in [2.45, 2.75) is 23.9 Å². The quantitative estimate of drug-likeness (QED) is 0.531. The molecule has 9 heteroatoms. The number of carbonyl (C=O) groups excluding carboxylic acids is 2. The zero-order valence-corrected chi connectivity index (χ0v) is 17.7. The smallest absolute Gasteiger partial charge is 0.365 e. The summed E-state index contributed by atoms with van der Waals surface area (Å²) in [4.78, 5) is 36.0. The van der Waals surface area contributed by atoms with Crippen LogP contribution in [0.25, 0.3) is 0 Å². The van der Waals surface area contributed by atoms with Gasteiger partial charge in [0.25, 0.3) is 5.90 Å². The molecule has 3 rings (SSSR count). The molecular weight excluding hydrogens is 392 g/mol. The number of aromatic nitrogens is 2. The van der Waals surface area contributed by atoms with Crippen LogP contribution in [0.3, 0.4) is 0 Å². The van der Waals surface area contributed by atoms with Crippen LogP contribution in [0.1, 0.15) is 28.7 Å². The lowest BCUT2D eigenvalue weighted by Crippen LogP contribution is -2.16. The van der Waals surface area contributed by atoms with Gasteiger partial charge in [0, 0.05) is 32.2 Å². The molecule has 0 amide bonds. The summed E-state index contributed by atoms with van der Waals surface area (Å²) in [6.45, 7) is 3.93. The molecule has 0 N–H and O–H groups in total. The second-order valence-electron chi connectivity index (χ2n) is 6.57. The average Bonchev–Trinajstić information content (AvgIpc) is 3.17. The normalized spacial score (nSPS) is 14.7. The van der Waals surface area contributed by atoms with Crippen LogP contribution in [0.4, 0.5) is 0 Å². The molecule has 1 aliphatic rings. The monoisotopic (exact) mass is 414 g/mol. The molecule has 0 unspecified atom stereocenters. The molecule has 0 aliphatic carbocycles. The molecule has 0 saturated heterocycles. The lowest BCUT2D eigenvalue weighted by molar-refractivity contribution is -0.130. The van der Waals surface area contributed by atoms with Crippen molar-refractivity contribution in [1.82, 2.24) is 14.5 Å². The van der Waals surface area contributed by atoms with Gasteiger partial charge in [0.05, 0.1) is 6.61 Å². The first-order chi connectivity index (χ1) is 13.8. The number of ether oxygens (including phenoxy) is 2. The van der Waals surface area contributed by atoms with E-state index < -0.39 is 11.9 Å². The first kappa shape index (κ1) is 20.7. The van der Waals surface area contributed by atoms with Crippen LogP contribution in [0.15, 0.2) is 51.2 Å². The van der Waals surface area contributed by atoms with Gasteiger partial charge in [-0.2, -0.15) is 0 Å². The predicted octanol–water partition coefficient (Wildman–Crippen LogP) is 2.76. The Morgan fingerprint density at radius 1 is 1.31 bits per heavy atom. The molecule has 1 aromatic heterocycles. The van der Waals surface area contributed by atoms with E-state index in [4.69, 9.17) is 9.47 Å². The Morgan fingerprint density at radius 3 is 2.62 bits per heavy atom. The molecule has 0 bridgehead atoms. The zero-order chi connectivity index (χ0) is 21.1. The third-order valence-electron chi connectivity index (χ3n) is 3.96. The molecule has 0 spiro atoms. The van der Waals surface area contributed by atoms with Crippen molar-refractivity contribution in [3.05, 3.63) is 53.1 Å². The molecule has 29 heavy (non-hydrogen) atoms. The first-order valence-corrected chi connectivity index (χ1v) is 9.79. The van der Waals surface area contributed by atoms with E-state index >= 15 is 0 Å². The topological polar surface area (TPSA) is 86.0 Å². The van der Waals surface area contributed by atoms with Gasteiger partial charge < -0.3 is 18.9 Å². The molecule has 2 heterocycles. The van der Waals surface area contributed by atoms with Crippen LogP contribution in [-0.2, 0) is 21.3 Å². The summed E-state index contributed by atoms with van der Waals surface area (Å²) in [6, 6.07) is 7.95. The van der Waals surface area contributed by atoms with Crippen molar-refractivity contribution in [1.29, 1.82) is 0 Å². The fourth-order valence-corrected chi connectivity index (χ4v) is 3.46. The molecule has 152 valence electrons. The molecule has 0 fully saturated rings. The van der Waals surface area contributed by atoms with Crippen LogP contribution in [0.5, 0.6) is 0 Å². The highest BCUT2D eigenvalue weighted by molar-refractivity contribution is 7.99. The third-order valence-corrected chi connectivity index (χ3v) is 5.01. The molecule has 0 atom stereocenters. The van der Waals surface area contributed by atoms with Gasteiger partial charge in [-0.1, -0.05) is 29.5 Å². The molecule has 1 aromatic carbocycles. The summed E-state index contributed by atoms with van der Waals surface area (Å²) < 4.78 is 12.1. The van der Waals surface area contributed by atoms with Crippen LogP contribution in [-0.4, -0.2) is 53.0 Å². The zero-order valence-electron chi connectivity index (χ0n) is 16.9. The summed E-state index contributed by atoms with van der Waals surface area (Å²) >= 11 is 1.39. The van der Waals surface area contributed by atoms with Crippen molar-refractivity contribution in [2.24, 2.45) is 12.0 Å². The average molecular weight is 414 g/mol. The van der Waals surface area contributed by atoms with Gasteiger partial charge in [-0.05, 0) is 26.0 Å². The minimum Gasteiger partial charge on any atom is -0.461 e. The Hall–Kier alpha value is -3.07. The maximum Gasteiger partial charge on any atom is 0.365 e. The van der Waals surface area contributed by atoms with E-state index in [1.807, 2.05) is 31.2 Å². The maximum absolute atomic E-state index is 12.5. The standard InChI is InChI=1S/C20H22N4O4S/c1-6-27-19(26)15-16(17-21-14(11-23(3)4)18(25)28-17)24(5)20(22-15)29-13-9-7-12(2)8-10-13/h7-11H,6H2,1-5H3/b14-11-. The number of esters is 2. The number of benzene rings is 1. The minimum absolute atomic E-state index is 0.0249. The number of hydrogen-bond acceptors (Lipinski definition) is 8. The van der Waals surface area contributed by atoms with Crippen molar-refractivity contribution < 1.29 is 19.1 Å². The van der Waals surface area contributed by atoms with Crippen LogP contribution in [0, 0.1) is 6.92 Å². The summed E-state index contributed by atoms with van der Waals surface area (Å²) in [5.74, 6) is -1.16. The molecule has 1 aliphatic heterocycles. The molecule has 2 aromatic rings.